The van der Waals surface area contributed by atoms with Crippen molar-refractivity contribution in [2.75, 3.05) is 0 Å². The Bertz CT molecular complexity index is 628. The highest BCUT2D eigenvalue weighted by molar-refractivity contribution is 5.75. The van der Waals surface area contributed by atoms with Crippen molar-refractivity contribution in [1.29, 1.82) is 0 Å². The third-order valence-corrected chi connectivity index (χ3v) is 4.12. The first-order chi connectivity index (χ1) is 10.2. The summed E-state index contributed by atoms with van der Waals surface area (Å²) < 4.78 is 7.35. The highest BCUT2D eigenvalue weighted by Gasteiger charge is 2.24. The van der Waals surface area contributed by atoms with Crippen molar-refractivity contribution in [3.8, 4) is 0 Å². The molecule has 0 fully saturated rings. The minimum absolute atomic E-state index is 0.129. The van der Waals surface area contributed by atoms with Gasteiger partial charge < -0.3 is 9.32 Å². The summed E-state index contributed by atoms with van der Waals surface area (Å²) in [4.78, 5) is 14.0. The van der Waals surface area contributed by atoms with E-state index in [-0.39, 0.29) is 5.91 Å². The lowest BCUT2D eigenvalue weighted by Crippen LogP contribution is -2.29. The van der Waals surface area contributed by atoms with Crippen molar-refractivity contribution < 1.29 is 9.21 Å². The third-order valence-electron chi connectivity index (χ3n) is 4.12. The van der Waals surface area contributed by atoms with E-state index in [1.807, 2.05) is 35.7 Å². The predicted octanol–water partition coefficient (Wildman–Crippen LogP) is 2.44. The SMILES string of the molecule is CCC(=O)N(Cc1ccco1)Cc1nn(C)c2c1CCC2. The van der Waals surface area contributed by atoms with Gasteiger partial charge in [0.25, 0.3) is 0 Å². The molecule has 0 bridgehead atoms. The van der Waals surface area contributed by atoms with Crippen LogP contribution < -0.4 is 0 Å². The lowest BCUT2D eigenvalue weighted by Gasteiger charge is -2.20. The molecule has 1 aliphatic rings. The molecule has 5 heteroatoms. The molecule has 2 aromatic rings. The van der Waals surface area contributed by atoms with Crippen LogP contribution in [0.5, 0.6) is 0 Å². The molecule has 0 aromatic carbocycles. The van der Waals surface area contributed by atoms with Gasteiger partial charge in [-0.15, -0.1) is 0 Å². The molecule has 1 amide bonds. The molecular formula is C16H21N3O2. The number of carbonyl (C=O) groups excluding carboxylic acids is 1. The van der Waals surface area contributed by atoms with Gasteiger partial charge >= 0.3 is 0 Å². The van der Waals surface area contributed by atoms with Crippen molar-refractivity contribution >= 4 is 5.91 Å². The molecule has 2 heterocycles. The Morgan fingerprint density at radius 2 is 2.29 bits per heavy atom. The van der Waals surface area contributed by atoms with Gasteiger partial charge in [-0.3, -0.25) is 9.48 Å². The number of amides is 1. The normalized spacial score (nSPS) is 13.4. The lowest BCUT2D eigenvalue weighted by molar-refractivity contribution is -0.132. The molecule has 0 atom stereocenters. The Kier molecular flexibility index (Phi) is 3.82. The molecule has 0 unspecified atom stereocenters. The standard InChI is InChI=1S/C16H21N3O2/c1-3-16(20)19(10-12-6-5-9-21-12)11-14-13-7-4-8-15(13)18(2)17-14/h5-6,9H,3-4,7-8,10-11H2,1-2H3. The Hall–Kier alpha value is -2.04. The first-order valence-corrected chi connectivity index (χ1v) is 7.52. The zero-order valence-electron chi connectivity index (χ0n) is 12.6. The molecule has 0 N–H and O–H groups in total. The number of hydrogen-bond donors (Lipinski definition) is 0. The highest BCUT2D eigenvalue weighted by atomic mass is 16.3. The molecule has 2 aromatic heterocycles. The summed E-state index contributed by atoms with van der Waals surface area (Å²) in [5.74, 6) is 0.938. The molecule has 1 aliphatic carbocycles. The van der Waals surface area contributed by atoms with Crippen LogP contribution in [0.1, 0.15) is 42.5 Å². The smallest absolute Gasteiger partial charge is 0.223 e. The minimum atomic E-state index is 0.129. The van der Waals surface area contributed by atoms with Gasteiger partial charge in [-0.25, -0.2) is 0 Å². The van der Waals surface area contributed by atoms with Crippen molar-refractivity contribution in [3.05, 3.63) is 41.1 Å². The van der Waals surface area contributed by atoms with Crippen LogP contribution >= 0.6 is 0 Å². The maximum absolute atomic E-state index is 12.2. The van der Waals surface area contributed by atoms with Crippen molar-refractivity contribution in [2.45, 2.75) is 45.7 Å². The maximum atomic E-state index is 12.2. The van der Waals surface area contributed by atoms with E-state index in [0.717, 1.165) is 24.3 Å². The molecule has 21 heavy (non-hydrogen) atoms. The molecule has 3 rings (SSSR count). The van der Waals surface area contributed by atoms with Gasteiger partial charge in [0, 0.05) is 19.2 Å². The highest BCUT2D eigenvalue weighted by Crippen LogP contribution is 2.26. The summed E-state index contributed by atoms with van der Waals surface area (Å²) in [6, 6.07) is 3.75. The lowest BCUT2D eigenvalue weighted by atomic mass is 10.2. The molecule has 0 aliphatic heterocycles. The van der Waals surface area contributed by atoms with E-state index in [0.29, 0.717) is 19.5 Å². The number of aryl methyl sites for hydroxylation is 1. The van der Waals surface area contributed by atoms with Gasteiger partial charge in [0.05, 0.1) is 25.0 Å². The van der Waals surface area contributed by atoms with E-state index < -0.39 is 0 Å². The molecule has 112 valence electrons. The summed E-state index contributed by atoms with van der Waals surface area (Å²) >= 11 is 0. The average Bonchev–Trinajstić information content (AvgIpc) is 3.19. The van der Waals surface area contributed by atoms with Crippen LogP contribution in [0.3, 0.4) is 0 Å². The molecule has 0 radical (unpaired) electrons. The summed E-state index contributed by atoms with van der Waals surface area (Å²) in [5, 5.41) is 4.61. The quantitative estimate of drug-likeness (QED) is 0.848. The number of carbonyl (C=O) groups is 1. The van der Waals surface area contributed by atoms with E-state index in [9.17, 15) is 4.79 Å². The predicted molar refractivity (Wildman–Crippen MR) is 78.5 cm³/mol. The third kappa shape index (κ3) is 2.73. The van der Waals surface area contributed by atoms with E-state index in [1.54, 1.807) is 6.26 Å². The second-order valence-electron chi connectivity index (χ2n) is 5.53. The van der Waals surface area contributed by atoms with Crippen LogP contribution in [-0.4, -0.2) is 20.6 Å². The Balaban J connectivity index is 1.81. The van der Waals surface area contributed by atoms with E-state index in [1.165, 1.54) is 17.7 Å². The topological polar surface area (TPSA) is 51.3 Å². The van der Waals surface area contributed by atoms with Crippen molar-refractivity contribution in [2.24, 2.45) is 7.05 Å². The second-order valence-corrected chi connectivity index (χ2v) is 5.53. The number of fused-ring (bicyclic) bond motifs is 1. The van der Waals surface area contributed by atoms with Crippen LogP contribution in [-0.2, 0) is 37.8 Å². The molecule has 0 saturated heterocycles. The first-order valence-electron chi connectivity index (χ1n) is 7.52. The Labute approximate surface area is 124 Å². The first kappa shape index (κ1) is 13.9. The van der Waals surface area contributed by atoms with Crippen LogP contribution in [0.4, 0.5) is 0 Å². The molecular weight excluding hydrogens is 266 g/mol. The summed E-state index contributed by atoms with van der Waals surface area (Å²) in [7, 11) is 1.99. The van der Waals surface area contributed by atoms with E-state index in [4.69, 9.17) is 4.42 Å². The second kappa shape index (κ2) is 5.76. The zero-order chi connectivity index (χ0) is 14.8. The van der Waals surface area contributed by atoms with Gasteiger partial charge in [-0.05, 0) is 37.0 Å². The van der Waals surface area contributed by atoms with Gasteiger partial charge in [-0.2, -0.15) is 5.10 Å². The maximum Gasteiger partial charge on any atom is 0.223 e. The van der Waals surface area contributed by atoms with Crippen LogP contribution in [0, 0.1) is 0 Å². The van der Waals surface area contributed by atoms with E-state index >= 15 is 0 Å². The number of hydrogen-bond acceptors (Lipinski definition) is 3. The monoisotopic (exact) mass is 287 g/mol. The fourth-order valence-electron chi connectivity index (χ4n) is 3.05. The molecule has 5 nitrogen and oxygen atoms in total. The van der Waals surface area contributed by atoms with Crippen LogP contribution in [0.2, 0.25) is 0 Å². The van der Waals surface area contributed by atoms with Gasteiger partial charge in [-0.1, -0.05) is 6.92 Å². The Morgan fingerprint density at radius 1 is 1.43 bits per heavy atom. The number of nitrogens with zero attached hydrogens (tertiary/aromatic N) is 3. The molecule has 0 saturated carbocycles. The summed E-state index contributed by atoms with van der Waals surface area (Å²) in [6.45, 7) is 2.96. The van der Waals surface area contributed by atoms with Crippen LogP contribution in [0.25, 0.3) is 0 Å². The van der Waals surface area contributed by atoms with Gasteiger partial charge in [0.1, 0.15) is 5.76 Å². The minimum Gasteiger partial charge on any atom is -0.467 e. The summed E-state index contributed by atoms with van der Waals surface area (Å²) in [6.07, 6.45) is 5.50. The van der Waals surface area contributed by atoms with Crippen LogP contribution in [0.15, 0.2) is 22.8 Å². The average molecular weight is 287 g/mol. The van der Waals surface area contributed by atoms with E-state index in [2.05, 4.69) is 5.10 Å². The summed E-state index contributed by atoms with van der Waals surface area (Å²) in [5.41, 5.74) is 3.70. The van der Waals surface area contributed by atoms with Gasteiger partial charge in [0.15, 0.2) is 0 Å². The largest absolute Gasteiger partial charge is 0.467 e. The number of furan rings is 1. The Morgan fingerprint density at radius 3 is 3.00 bits per heavy atom. The fraction of sp³-hybridized carbons (Fsp3) is 0.500. The zero-order valence-corrected chi connectivity index (χ0v) is 12.6. The number of aromatic nitrogens is 2. The fourth-order valence-corrected chi connectivity index (χ4v) is 3.05. The number of rotatable bonds is 5. The van der Waals surface area contributed by atoms with Crippen molar-refractivity contribution in [3.63, 3.8) is 0 Å². The van der Waals surface area contributed by atoms with Crippen molar-refractivity contribution in [1.82, 2.24) is 14.7 Å². The van der Waals surface area contributed by atoms with Gasteiger partial charge in [0.2, 0.25) is 5.91 Å². The molecule has 0 spiro atoms.